The number of anilines is 1. The van der Waals surface area contributed by atoms with Gasteiger partial charge in [-0.25, -0.2) is 0 Å². The van der Waals surface area contributed by atoms with Crippen LogP contribution < -0.4 is 11.1 Å². The fourth-order valence-corrected chi connectivity index (χ4v) is 1.81. The summed E-state index contributed by atoms with van der Waals surface area (Å²) < 4.78 is 0. The molecule has 80 valence electrons. The van der Waals surface area contributed by atoms with Crippen LogP contribution in [0.15, 0.2) is 11.4 Å². The molecule has 1 heterocycles. The van der Waals surface area contributed by atoms with E-state index in [2.05, 4.69) is 5.32 Å². The maximum absolute atomic E-state index is 11.2. The molecule has 0 saturated carbocycles. The first kappa shape index (κ1) is 11.4. The van der Waals surface area contributed by atoms with Gasteiger partial charge in [0.15, 0.2) is 0 Å². The Labute approximate surface area is 90.3 Å². The van der Waals surface area contributed by atoms with Gasteiger partial charge in [0.2, 0.25) is 5.91 Å². The van der Waals surface area contributed by atoms with Crippen molar-refractivity contribution in [3.8, 4) is 0 Å². The van der Waals surface area contributed by atoms with E-state index in [9.17, 15) is 14.4 Å². The van der Waals surface area contributed by atoms with Crippen LogP contribution in [0, 0.1) is 0 Å². The fraction of sp³-hybridized carbons (Fsp3) is 0.222. The van der Waals surface area contributed by atoms with Crippen LogP contribution in [-0.2, 0) is 9.59 Å². The van der Waals surface area contributed by atoms with Crippen LogP contribution in [-0.4, -0.2) is 17.6 Å². The summed E-state index contributed by atoms with van der Waals surface area (Å²) >= 11 is 1.19. The third-order valence-electron chi connectivity index (χ3n) is 1.59. The van der Waals surface area contributed by atoms with E-state index in [4.69, 9.17) is 5.73 Å². The number of thiophene rings is 1. The fourth-order valence-electron chi connectivity index (χ4n) is 0.997. The van der Waals surface area contributed by atoms with Crippen LogP contribution in [0.2, 0.25) is 0 Å². The molecule has 0 aliphatic carbocycles. The van der Waals surface area contributed by atoms with Crippen molar-refractivity contribution in [3.63, 3.8) is 0 Å². The van der Waals surface area contributed by atoms with Gasteiger partial charge in [-0.2, -0.15) is 0 Å². The second-order valence-corrected chi connectivity index (χ2v) is 3.87. The molecule has 1 rings (SSSR count). The van der Waals surface area contributed by atoms with Crippen molar-refractivity contribution in [2.24, 2.45) is 5.73 Å². The minimum Gasteiger partial charge on any atom is -0.366 e. The van der Waals surface area contributed by atoms with Gasteiger partial charge in [0, 0.05) is 0 Å². The molecule has 0 atom stereocenters. The predicted octanol–water partition coefficient (Wildman–Crippen LogP) is 0.765. The van der Waals surface area contributed by atoms with E-state index in [1.807, 2.05) is 0 Å². The largest absolute Gasteiger partial charge is 0.366 e. The molecule has 0 aliphatic rings. The van der Waals surface area contributed by atoms with Crippen LogP contribution >= 0.6 is 11.3 Å². The first-order valence-electron chi connectivity index (χ1n) is 4.17. The number of primary amides is 1. The third kappa shape index (κ3) is 3.17. The van der Waals surface area contributed by atoms with E-state index in [0.717, 1.165) is 0 Å². The highest BCUT2D eigenvalue weighted by Crippen LogP contribution is 2.22. The van der Waals surface area contributed by atoms with Crippen LogP contribution in [0.1, 0.15) is 23.7 Å². The van der Waals surface area contributed by atoms with Crippen molar-refractivity contribution in [1.82, 2.24) is 0 Å². The SMILES string of the molecule is CC(=O)CC(=O)Nc1sccc1C(N)=O. The summed E-state index contributed by atoms with van der Waals surface area (Å²) in [6.45, 7) is 1.32. The second kappa shape index (κ2) is 4.70. The standard InChI is InChI=1S/C9H10N2O3S/c1-5(12)4-7(13)11-9-6(8(10)14)2-3-15-9/h2-3H,4H2,1H3,(H2,10,14)(H,11,13). The van der Waals surface area contributed by atoms with Gasteiger partial charge in [-0.3, -0.25) is 14.4 Å². The summed E-state index contributed by atoms with van der Waals surface area (Å²) in [6, 6.07) is 1.52. The maximum atomic E-state index is 11.2. The Morgan fingerprint density at radius 2 is 2.13 bits per heavy atom. The Balaban J connectivity index is 2.72. The van der Waals surface area contributed by atoms with Crippen molar-refractivity contribution in [2.75, 3.05) is 5.32 Å². The van der Waals surface area contributed by atoms with E-state index in [1.54, 1.807) is 5.38 Å². The van der Waals surface area contributed by atoms with Gasteiger partial charge < -0.3 is 11.1 Å². The lowest BCUT2D eigenvalue weighted by Gasteiger charge is -2.02. The van der Waals surface area contributed by atoms with E-state index in [0.29, 0.717) is 5.00 Å². The highest BCUT2D eigenvalue weighted by Gasteiger charge is 2.13. The molecule has 2 amide bonds. The quantitative estimate of drug-likeness (QED) is 0.743. The Morgan fingerprint density at radius 1 is 1.47 bits per heavy atom. The molecule has 0 radical (unpaired) electrons. The molecule has 5 nitrogen and oxygen atoms in total. The predicted molar refractivity (Wildman–Crippen MR) is 56.8 cm³/mol. The van der Waals surface area contributed by atoms with Crippen LogP contribution in [0.3, 0.4) is 0 Å². The number of hydrogen-bond acceptors (Lipinski definition) is 4. The first-order chi connectivity index (χ1) is 7.00. The van der Waals surface area contributed by atoms with Gasteiger partial charge in [0.05, 0.1) is 12.0 Å². The highest BCUT2D eigenvalue weighted by atomic mass is 32.1. The molecule has 1 aromatic rings. The molecular formula is C9H10N2O3S. The molecule has 0 fully saturated rings. The molecule has 0 aliphatic heterocycles. The topological polar surface area (TPSA) is 89.3 Å². The Morgan fingerprint density at radius 3 is 2.67 bits per heavy atom. The van der Waals surface area contributed by atoms with Crippen molar-refractivity contribution >= 4 is 33.9 Å². The van der Waals surface area contributed by atoms with Gasteiger partial charge in [0.25, 0.3) is 5.91 Å². The minimum absolute atomic E-state index is 0.198. The number of carbonyl (C=O) groups is 3. The summed E-state index contributed by atoms with van der Waals surface area (Å²) in [5, 5.41) is 4.49. The number of rotatable bonds is 4. The smallest absolute Gasteiger partial charge is 0.251 e. The molecule has 0 spiro atoms. The number of carbonyl (C=O) groups excluding carboxylic acids is 3. The monoisotopic (exact) mass is 226 g/mol. The van der Waals surface area contributed by atoms with Gasteiger partial charge in [-0.1, -0.05) is 0 Å². The molecule has 0 aromatic carbocycles. The van der Waals surface area contributed by atoms with Crippen LogP contribution in [0.25, 0.3) is 0 Å². The third-order valence-corrected chi connectivity index (χ3v) is 2.42. The molecule has 15 heavy (non-hydrogen) atoms. The number of nitrogens with one attached hydrogen (secondary N) is 1. The molecule has 1 aromatic heterocycles. The zero-order valence-electron chi connectivity index (χ0n) is 8.07. The number of amides is 2. The lowest BCUT2D eigenvalue weighted by atomic mass is 10.3. The van der Waals surface area contributed by atoms with Gasteiger partial charge in [-0.05, 0) is 18.4 Å². The van der Waals surface area contributed by atoms with Crippen molar-refractivity contribution in [2.45, 2.75) is 13.3 Å². The first-order valence-corrected chi connectivity index (χ1v) is 5.05. The normalized spacial score (nSPS) is 9.67. The van der Waals surface area contributed by atoms with Gasteiger partial charge in [-0.15, -0.1) is 11.3 Å². The molecular weight excluding hydrogens is 216 g/mol. The van der Waals surface area contributed by atoms with Crippen molar-refractivity contribution in [3.05, 3.63) is 17.0 Å². The zero-order valence-corrected chi connectivity index (χ0v) is 8.89. The minimum atomic E-state index is -0.602. The summed E-state index contributed by atoms with van der Waals surface area (Å²) in [5.41, 5.74) is 5.35. The number of nitrogens with two attached hydrogens (primary N) is 1. The summed E-state index contributed by atoms with van der Waals surface area (Å²) in [6.07, 6.45) is -0.198. The van der Waals surface area contributed by atoms with E-state index in [-0.39, 0.29) is 17.8 Å². The molecule has 0 saturated heterocycles. The molecule has 0 bridgehead atoms. The number of Topliss-reactive ketones (excluding diaryl/α,β-unsaturated/α-hetero) is 1. The summed E-state index contributed by atoms with van der Waals surface area (Å²) in [7, 11) is 0. The average Bonchev–Trinajstić information content (AvgIpc) is 2.50. The lowest BCUT2D eigenvalue weighted by molar-refractivity contribution is -0.124. The highest BCUT2D eigenvalue weighted by molar-refractivity contribution is 7.14. The van der Waals surface area contributed by atoms with Crippen LogP contribution in [0.5, 0.6) is 0 Å². The van der Waals surface area contributed by atoms with E-state index in [1.165, 1.54) is 24.3 Å². The van der Waals surface area contributed by atoms with E-state index >= 15 is 0 Å². The molecule has 3 N–H and O–H groups in total. The Hall–Kier alpha value is -1.69. The second-order valence-electron chi connectivity index (χ2n) is 2.95. The lowest BCUT2D eigenvalue weighted by Crippen LogP contribution is -2.17. The Kier molecular flexibility index (Phi) is 3.56. The van der Waals surface area contributed by atoms with Crippen molar-refractivity contribution < 1.29 is 14.4 Å². The summed E-state index contributed by atoms with van der Waals surface area (Å²) in [5.74, 6) is -1.27. The average molecular weight is 226 g/mol. The molecule has 0 unspecified atom stereocenters. The van der Waals surface area contributed by atoms with E-state index < -0.39 is 11.8 Å². The number of ketones is 1. The Bertz CT molecular complexity index is 411. The maximum Gasteiger partial charge on any atom is 0.251 e. The molecule has 6 heteroatoms. The summed E-state index contributed by atoms with van der Waals surface area (Å²) in [4.78, 5) is 32.8. The van der Waals surface area contributed by atoms with Crippen LogP contribution in [0.4, 0.5) is 5.00 Å². The van der Waals surface area contributed by atoms with Crippen molar-refractivity contribution in [1.29, 1.82) is 0 Å². The zero-order chi connectivity index (χ0) is 11.4. The number of hydrogen-bond donors (Lipinski definition) is 2. The van der Waals surface area contributed by atoms with Gasteiger partial charge in [0.1, 0.15) is 10.8 Å². The van der Waals surface area contributed by atoms with Gasteiger partial charge >= 0.3 is 0 Å².